The van der Waals surface area contributed by atoms with Crippen molar-refractivity contribution in [2.24, 2.45) is 5.92 Å². The molecule has 0 aliphatic carbocycles. The molecule has 1 aromatic carbocycles. The number of carboxylic acid groups (broad SMARTS) is 1. The number of ether oxygens (including phenoxy) is 1. The van der Waals surface area contributed by atoms with Crippen LogP contribution in [0.15, 0.2) is 18.2 Å². The van der Waals surface area contributed by atoms with Crippen LogP contribution >= 0.6 is 0 Å². The molecule has 0 aliphatic heterocycles. The number of nitrogens with one attached hydrogen (secondary N) is 1. The second-order valence-electron chi connectivity index (χ2n) is 4.98. The van der Waals surface area contributed by atoms with Gasteiger partial charge in [0.1, 0.15) is 6.04 Å². The van der Waals surface area contributed by atoms with Crippen LogP contribution in [0.25, 0.3) is 0 Å². The fourth-order valence-corrected chi connectivity index (χ4v) is 1.84. The van der Waals surface area contributed by atoms with Gasteiger partial charge in [-0.05, 0) is 18.4 Å². The Hall–Kier alpha value is -2.45. The van der Waals surface area contributed by atoms with E-state index in [1.54, 1.807) is 0 Å². The summed E-state index contributed by atoms with van der Waals surface area (Å²) in [6.07, 6.45) is 0.303. The molecular formula is C13H16F2N2O5. The monoisotopic (exact) mass is 318 g/mol. The summed E-state index contributed by atoms with van der Waals surface area (Å²) in [5, 5.41) is 22.5. The van der Waals surface area contributed by atoms with Crippen LogP contribution in [0.2, 0.25) is 0 Å². The molecule has 1 aromatic rings. The van der Waals surface area contributed by atoms with E-state index in [9.17, 15) is 23.7 Å². The summed E-state index contributed by atoms with van der Waals surface area (Å²) in [5.74, 6) is -1.65. The average Bonchev–Trinajstić information content (AvgIpc) is 2.36. The predicted octanol–water partition coefficient (Wildman–Crippen LogP) is 3.11. The molecule has 0 heterocycles. The van der Waals surface area contributed by atoms with E-state index in [4.69, 9.17) is 5.11 Å². The molecule has 1 unspecified atom stereocenters. The van der Waals surface area contributed by atoms with Crippen molar-refractivity contribution >= 4 is 17.3 Å². The second kappa shape index (κ2) is 7.53. The van der Waals surface area contributed by atoms with Crippen LogP contribution in [-0.2, 0) is 4.79 Å². The van der Waals surface area contributed by atoms with Crippen LogP contribution in [0, 0.1) is 16.0 Å². The van der Waals surface area contributed by atoms with Crippen LogP contribution in [0.1, 0.15) is 20.3 Å². The number of alkyl halides is 2. The number of nitro benzene ring substituents is 1. The number of carboxylic acids is 1. The van der Waals surface area contributed by atoms with Crippen LogP contribution in [0.4, 0.5) is 20.2 Å². The van der Waals surface area contributed by atoms with Crippen molar-refractivity contribution in [2.45, 2.75) is 32.9 Å². The van der Waals surface area contributed by atoms with Crippen molar-refractivity contribution in [1.29, 1.82) is 0 Å². The molecule has 122 valence electrons. The fraction of sp³-hybridized carbons (Fsp3) is 0.462. The quantitative estimate of drug-likeness (QED) is 0.564. The summed E-state index contributed by atoms with van der Waals surface area (Å²) in [6, 6.07) is 2.27. The standard InChI is InChI=1S/C13H16F2N2O5/c1-7(2)5-9(12(18)19)16-8-3-4-10(17(20)21)11(6-8)22-13(14)15/h3-4,6-7,9,13,16H,5H2,1-2H3,(H,18,19). The number of nitro groups is 1. The molecule has 0 radical (unpaired) electrons. The van der Waals surface area contributed by atoms with Crippen molar-refractivity contribution in [2.75, 3.05) is 5.32 Å². The number of nitrogens with zero attached hydrogens (tertiary/aromatic N) is 1. The van der Waals surface area contributed by atoms with E-state index in [1.165, 1.54) is 6.07 Å². The van der Waals surface area contributed by atoms with Gasteiger partial charge in [-0.1, -0.05) is 13.8 Å². The molecule has 0 saturated carbocycles. The Morgan fingerprint density at radius 1 is 1.45 bits per heavy atom. The maximum Gasteiger partial charge on any atom is 0.387 e. The SMILES string of the molecule is CC(C)CC(Nc1ccc([N+](=O)[O-])c(OC(F)F)c1)C(=O)O. The summed E-state index contributed by atoms with van der Waals surface area (Å²) in [4.78, 5) is 21.1. The lowest BCUT2D eigenvalue weighted by molar-refractivity contribution is -0.386. The van der Waals surface area contributed by atoms with E-state index >= 15 is 0 Å². The fourth-order valence-electron chi connectivity index (χ4n) is 1.84. The molecule has 22 heavy (non-hydrogen) atoms. The highest BCUT2D eigenvalue weighted by atomic mass is 19.3. The minimum atomic E-state index is -3.22. The Bertz CT molecular complexity index is 551. The summed E-state index contributed by atoms with van der Waals surface area (Å²) in [6.45, 7) is 0.442. The second-order valence-corrected chi connectivity index (χ2v) is 4.98. The molecule has 0 amide bonds. The summed E-state index contributed by atoms with van der Waals surface area (Å²) >= 11 is 0. The summed E-state index contributed by atoms with van der Waals surface area (Å²) in [5.41, 5.74) is -0.476. The van der Waals surface area contributed by atoms with Crippen LogP contribution < -0.4 is 10.1 Å². The Labute approximate surface area is 125 Å². The van der Waals surface area contributed by atoms with Gasteiger partial charge in [-0.15, -0.1) is 0 Å². The highest BCUT2D eigenvalue weighted by molar-refractivity contribution is 5.77. The lowest BCUT2D eigenvalue weighted by Gasteiger charge is -2.18. The zero-order valence-electron chi connectivity index (χ0n) is 12.0. The Morgan fingerprint density at radius 2 is 2.09 bits per heavy atom. The van der Waals surface area contributed by atoms with Gasteiger partial charge >= 0.3 is 18.3 Å². The maximum atomic E-state index is 12.3. The zero-order chi connectivity index (χ0) is 16.9. The average molecular weight is 318 g/mol. The van der Waals surface area contributed by atoms with Gasteiger partial charge < -0.3 is 15.2 Å². The van der Waals surface area contributed by atoms with Crippen LogP contribution in [0.5, 0.6) is 5.75 Å². The molecule has 1 atom stereocenters. The van der Waals surface area contributed by atoms with E-state index in [-0.39, 0.29) is 11.6 Å². The maximum absolute atomic E-state index is 12.3. The van der Waals surface area contributed by atoms with Gasteiger partial charge in [0.15, 0.2) is 0 Å². The Morgan fingerprint density at radius 3 is 2.55 bits per heavy atom. The van der Waals surface area contributed by atoms with Crippen LogP contribution in [0.3, 0.4) is 0 Å². The highest BCUT2D eigenvalue weighted by Gasteiger charge is 2.22. The van der Waals surface area contributed by atoms with Gasteiger partial charge in [-0.2, -0.15) is 8.78 Å². The van der Waals surface area contributed by atoms with Crippen molar-refractivity contribution in [3.05, 3.63) is 28.3 Å². The third kappa shape index (κ3) is 5.15. The number of anilines is 1. The van der Waals surface area contributed by atoms with Crippen LogP contribution in [-0.4, -0.2) is 28.7 Å². The number of rotatable bonds is 8. The predicted molar refractivity (Wildman–Crippen MR) is 74.2 cm³/mol. The van der Waals surface area contributed by atoms with Gasteiger partial charge in [0.25, 0.3) is 0 Å². The first-order valence-electron chi connectivity index (χ1n) is 6.43. The molecule has 0 aliphatic rings. The summed E-state index contributed by atoms with van der Waals surface area (Å²) < 4.78 is 28.7. The Balaban J connectivity index is 3.04. The van der Waals surface area contributed by atoms with Crippen molar-refractivity contribution in [1.82, 2.24) is 0 Å². The Kier molecular flexibility index (Phi) is 6.02. The molecular weight excluding hydrogens is 302 g/mol. The molecule has 9 heteroatoms. The largest absolute Gasteiger partial charge is 0.480 e. The molecule has 1 rings (SSSR count). The van der Waals surface area contributed by atoms with Crippen molar-refractivity contribution in [3.8, 4) is 5.75 Å². The van der Waals surface area contributed by atoms with E-state index in [2.05, 4.69) is 10.1 Å². The molecule has 2 N–H and O–H groups in total. The first-order chi connectivity index (χ1) is 10.2. The van der Waals surface area contributed by atoms with E-state index in [0.717, 1.165) is 12.1 Å². The topological polar surface area (TPSA) is 102 Å². The van der Waals surface area contributed by atoms with Gasteiger partial charge in [-0.25, -0.2) is 4.79 Å². The van der Waals surface area contributed by atoms with Gasteiger partial charge in [0.2, 0.25) is 5.75 Å². The number of hydrogen-bond acceptors (Lipinski definition) is 5. The van der Waals surface area contributed by atoms with E-state index < -0.39 is 35.0 Å². The lowest BCUT2D eigenvalue weighted by atomic mass is 10.0. The third-order valence-electron chi connectivity index (χ3n) is 2.72. The molecule has 0 saturated heterocycles. The van der Waals surface area contributed by atoms with Gasteiger partial charge in [0, 0.05) is 17.8 Å². The molecule has 0 spiro atoms. The van der Waals surface area contributed by atoms with Crippen molar-refractivity contribution < 1.29 is 28.3 Å². The number of carbonyl (C=O) groups is 1. The lowest BCUT2D eigenvalue weighted by Crippen LogP contribution is -2.30. The first-order valence-corrected chi connectivity index (χ1v) is 6.43. The third-order valence-corrected chi connectivity index (χ3v) is 2.72. The molecule has 0 bridgehead atoms. The number of benzene rings is 1. The van der Waals surface area contributed by atoms with Gasteiger partial charge in [-0.3, -0.25) is 10.1 Å². The normalized spacial score (nSPS) is 12.3. The summed E-state index contributed by atoms with van der Waals surface area (Å²) in [7, 11) is 0. The molecule has 0 aromatic heterocycles. The number of halogens is 2. The molecule has 7 nitrogen and oxygen atoms in total. The highest BCUT2D eigenvalue weighted by Crippen LogP contribution is 2.31. The number of aliphatic carboxylic acids is 1. The minimum absolute atomic E-state index is 0.0865. The van der Waals surface area contributed by atoms with Crippen molar-refractivity contribution in [3.63, 3.8) is 0 Å². The molecule has 0 fully saturated rings. The van der Waals surface area contributed by atoms with E-state index in [0.29, 0.717) is 6.42 Å². The van der Waals surface area contributed by atoms with Gasteiger partial charge in [0.05, 0.1) is 4.92 Å². The first kappa shape index (κ1) is 17.6. The number of hydrogen-bond donors (Lipinski definition) is 2. The smallest absolute Gasteiger partial charge is 0.387 e. The minimum Gasteiger partial charge on any atom is -0.480 e. The zero-order valence-corrected chi connectivity index (χ0v) is 12.0. The van der Waals surface area contributed by atoms with E-state index in [1.807, 2.05) is 13.8 Å².